The van der Waals surface area contributed by atoms with Crippen LogP contribution >= 0.6 is 11.3 Å². The number of rotatable bonds is 2. The topological polar surface area (TPSA) is 47.1 Å². The van der Waals surface area contributed by atoms with Crippen molar-refractivity contribution in [3.63, 3.8) is 0 Å². The van der Waals surface area contributed by atoms with Gasteiger partial charge in [-0.3, -0.25) is 4.40 Å². The van der Waals surface area contributed by atoms with Crippen molar-refractivity contribution in [1.29, 1.82) is 0 Å². The van der Waals surface area contributed by atoms with Gasteiger partial charge >= 0.3 is 0 Å². The van der Waals surface area contributed by atoms with Crippen LogP contribution in [0.1, 0.15) is 30.0 Å². The maximum Gasteiger partial charge on any atom is 0.219 e. The number of nitrogens with one attached hydrogen (secondary N) is 1. The minimum absolute atomic E-state index is 0.292. The number of halogens is 1. The molecular weight excluding hydrogens is 349 g/mol. The Bertz CT molecular complexity index is 1080. The van der Waals surface area contributed by atoms with E-state index in [1.54, 1.807) is 18.4 Å². The Morgan fingerprint density at radius 2 is 2.04 bits per heavy atom. The minimum Gasteiger partial charge on any atom is -0.317 e. The number of nitrogens with zero attached hydrogens (tertiary/aromatic N) is 4. The lowest BCUT2D eigenvalue weighted by Crippen LogP contribution is -2.26. The first-order valence-electron chi connectivity index (χ1n) is 8.92. The molecule has 3 aromatic heterocycles. The van der Waals surface area contributed by atoms with Gasteiger partial charge in [0.15, 0.2) is 4.96 Å². The first-order chi connectivity index (χ1) is 12.6. The minimum atomic E-state index is -0.292. The van der Waals surface area contributed by atoms with E-state index < -0.39 is 0 Å². The molecule has 1 aliphatic rings. The van der Waals surface area contributed by atoms with E-state index in [0.29, 0.717) is 11.3 Å². The van der Waals surface area contributed by atoms with Gasteiger partial charge in [-0.1, -0.05) is 11.3 Å². The van der Waals surface area contributed by atoms with Crippen molar-refractivity contribution in [2.45, 2.75) is 25.7 Å². The van der Waals surface area contributed by atoms with Crippen LogP contribution in [0.4, 0.5) is 4.39 Å². The molecule has 1 fully saturated rings. The Morgan fingerprint density at radius 3 is 2.81 bits per heavy atom. The molecule has 0 saturated carbocycles. The molecule has 5 rings (SSSR count). The van der Waals surface area contributed by atoms with Crippen molar-refractivity contribution in [3.8, 4) is 10.4 Å². The molecule has 0 bridgehead atoms. The van der Waals surface area contributed by atoms with Gasteiger partial charge in [-0.25, -0.2) is 9.67 Å². The maximum atomic E-state index is 14.3. The number of thiazole rings is 1. The Hall–Kier alpha value is -2.25. The molecule has 0 unspecified atom stereocenters. The Labute approximate surface area is 154 Å². The van der Waals surface area contributed by atoms with Crippen molar-refractivity contribution in [3.05, 3.63) is 41.7 Å². The summed E-state index contributed by atoms with van der Waals surface area (Å²) in [4.78, 5) is 6.95. The van der Waals surface area contributed by atoms with Crippen LogP contribution in [0, 0.1) is 12.9 Å². The summed E-state index contributed by atoms with van der Waals surface area (Å²) in [5.74, 6) is 0.259. The second-order valence-electron chi connectivity index (χ2n) is 7.08. The van der Waals surface area contributed by atoms with E-state index in [9.17, 15) is 4.39 Å². The summed E-state index contributed by atoms with van der Waals surface area (Å²) < 4.78 is 17.7. The normalized spacial score (nSPS) is 16.1. The molecule has 0 radical (unpaired) electrons. The van der Waals surface area contributed by atoms with Crippen LogP contribution in [0.25, 0.3) is 26.3 Å². The largest absolute Gasteiger partial charge is 0.317 e. The van der Waals surface area contributed by atoms with E-state index in [2.05, 4.69) is 33.3 Å². The van der Waals surface area contributed by atoms with Gasteiger partial charge < -0.3 is 5.32 Å². The van der Waals surface area contributed by atoms with Gasteiger partial charge in [0.25, 0.3) is 0 Å². The third kappa shape index (κ3) is 2.46. The fraction of sp³-hybridized carbons (Fsp3) is 0.368. The van der Waals surface area contributed by atoms with Gasteiger partial charge in [-0.2, -0.15) is 9.49 Å². The summed E-state index contributed by atoms with van der Waals surface area (Å²) in [6.45, 7) is 4.11. The zero-order valence-corrected chi connectivity index (χ0v) is 15.6. The number of hydrogen-bond donors (Lipinski definition) is 1. The molecule has 4 heterocycles. The van der Waals surface area contributed by atoms with Crippen LogP contribution in [-0.2, 0) is 7.05 Å². The zero-order chi connectivity index (χ0) is 17.8. The first kappa shape index (κ1) is 16.0. The van der Waals surface area contributed by atoms with Crippen LogP contribution in [-0.4, -0.2) is 32.3 Å². The number of piperidine rings is 1. The molecule has 0 atom stereocenters. The van der Waals surface area contributed by atoms with E-state index in [-0.39, 0.29) is 5.95 Å². The highest BCUT2D eigenvalue weighted by Gasteiger charge is 2.20. The summed E-state index contributed by atoms with van der Waals surface area (Å²) in [5, 5.41) is 8.24. The molecule has 5 nitrogen and oxygen atoms in total. The van der Waals surface area contributed by atoms with Crippen LogP contribution in [0.5, 0.6) is 0 Å². The third-order valence-corrected chi connectivity index (χ3v) is 6.32. The standard InChI is InChI=1S/C19H20FN5S/c1-11-7-13(8-14-17(11)23-24(2)18(14)20)16-10-25-9-15(22-19(25)26-16)12-3-5-21-6-4-12/h7-10,12,21H,3-6H2,1-2H3. The fourth-order valence-electron chi connectivity index (χ4n) is 3.84. The van der Waals surface area contributed by atoms with Crippen LogP contribution < -0.4 is 5.32 Å². The lowest BCUT2D eigenvalue weighted by atomic mass is 9.95. The second-order valence-corrected chi connectivity index (χ2v) is 8.09. The lowest BCUT2D eigenvalue weighted by Gasteiger charge is -2.20. The molecular formula is C19H20FN5S. The molecule has 0 amide bonds. The average molecular weight is 369 g/mol. The van der Waals surface area contributed by atoms with Gasteiger partial charge in [0.2, 0.25) is 5.95 Å². The SMILES string of the molecule is Cc1cc(-c2cn3cc(C4CCNCC4)nc3s2)cc2c(F)n(C)nc12. The predicted octanol–water partition coefficient (Wildman–Crippen LogP) is 3.86. The molecule has 1 aromatic carbocycles. The van der Waals surface area contributed by atoms with Gasteiger partial charge in [0.1, 0.15) is 0 Å². The maximum absolute atomic E-state index is 14.3. The van der Waals surface area contributed by atoms with Gasteiger partial charge in [0.05, 0.1) is 21.5 Å². The third-order valence-electron chi connectivity index (χ3n) is 5.27. The number of aryl methyl sites for hydroxylation is 2. The average Bonchev–Trinajstić information content (AvgIpc) is 3.29. The van der Waals surface area contributed by atoms with Crippen LogP contribution in [0.2, 0.25) is 0 Å². The Balaban J connectivity index is 1.55. The highest BCUT2D eigenvalue weighted by molar-refractivity contribution is 7.20. The molecule has 4 aromatic rings. The number of hydrogen-bond acceptors (Lipinski definition) is 4. The lowest BCUT2D eigenvalue weighted by molar-refractivity contribution is 0.454. The van der Waals surface area contributed by atoms with Gasteiger partial charge in [-0.15, -0.1) is 0 Å². The van der Waals surface area contributed by atoms with E-state index in [1.165, 1.54) is 10.4 Å². The van der Waals surface area contributed by atoms with Crippen molar-refractivity contribution in [2.24, 2.45) is 7.05 Å². The van der Waals surface area contributed by atoms with E-state index in [0.717, 1.165) is 52.4 Å². The fourth-order valence-corrected chi connectivity index (χ4v) is 4.80. The Morgan fingerprint density at radius 1 is 1.23 bits per heavy atom. The van der Waals surface area contributed by atoms with E-state index in [4.69, 9.17) is 4.98 Å². The molecule has 1 N–H and O–H groups in total. The molecule has 1 saturated heterocycles. The number of aromatic nitrogens is 4. The van der Waals surface area contributed by atoms with Crippen molar-refractivity contribution in [1.82, 2.24) is 24.5 Å². The molecule has 7 heteroatoms. The summed E-state index contributed by atoms with van der Waals surface area (Å²) in [5.41, 5.74) is 3.91. The zero-order valence-electron chi connectivity index (χ0n) is 14.8. The first-order valence-corrected chi connectivity index (χ1v) is 9.74. The van der Waals surface area contributed by atoms with E-state index >= 15 is 0 Å². The van der Waals surface area contributed by atoms with Gasteiger partial charge in [0, 0.05) is 25.4 Å². The highest BCUT2D eigenvalue weighted by atomic mass is 32.1. The van der Waals surface area contributed by atoms with E-state index in [1.807, 2.05) is 13.0 Å². The monoisotopic (exact) mass is 369 g/mol. The predicted molar refractivity (Wildman–Crippen MR) is 102 cm³/mol. The summed E-state index contributed by atoms with van der Waals surface area (Å²) in [7, 11) is 1.63. The Kier molecular flexibility index (Phi) is 3.62. The highest BCUT2D eigenvalue weighted by Crippen LogP contribution is 2.34. The molecule has 0 spiro atoms. The molecule has 26 heavy (non-hydrogen) atoms. The van der Waals surface area contributed by atoms with Crippen LogP contribution in [0.15, 0.2) is 24.5 Å². The van der Waals surface area contributed by atoms with Crippen molar-refractivity contribution >= 4 is 27.2 Å². The summed E-state index contributed by atoms with van der Waals surface area (Å²) >= 11 is 1.65. The van der Waals surface area contributed by atoms with Crippen molar-refractivity contribution in [2.75, 3.05) is 13.1 Å². The van der Waals surface area contributed by atoms with Crippen LogP contribution in [0.3, 0.4) is 0 Å². The number of benzene rings is 1. The van der Waals surface area contributed by atoms with Gasteiger partial charge in [-0.05, 0) is 56.1 Å². The smallest absolute Gasteiger partial charge is 0.219 e. The second kappa shape index (κ2) is 5.89. The summed E-state index contributed by atoms with van der Waals surface area (Å²) in [6, 6.07) is 3.97. The summed E-state index contributed by atoms with van der Waals surface area (Å²) in [6.07, 6.45) is 6.55. The van der Waals surface area contributed by atoms with Crippen molar-refractivity contribution < 1.29 is 4.39 Å². The quantitative estimate of drug-likeness (QED) is 0.584. The number of imidazole rings is 1. The number of fused-ring (bicyclic) bond motifs is 2. The molecule has 1 aliphatic heterocycles. The molecule has 0 aliphatic carbocycles. The molecule has 134 valence electrons.